The van der Waals surface area contributed by atoms with Gasteiger partial charge in [0.25, 0.3) is 0 Å². The molecule has 4 rings (SSSR count). The third-order valence-electron chi connectivity index (χ3n) is 5.27. The Labute approximate surface area is 236 Å². The molecule has 1 unspecified atom stereocenters. The van der Waals surface area contributed by atoms with Gasteiger partial charge in [-0.3, -0.25) is 0 Å². The Kier molecular flexibility index (Phi) is 21.5. The molecule has 4 aromatic carbocycles. The number of aryl methyl sites for hydroxylation is 2. The number of ether oxygens (including phenoxy) is 2. The molecule has 0 radical (unpaired) electrons. The molecule has 4 nitrogen and oxygen atoms in total. The van der Waals surface area contributed by atoms with Crippen molar-refractivity contribution in [2.75, 3.05) is 20.3 Å². The molecule has 0 aliphatic carbocycles. The van der Waals surface area contributed by atoms with E-state index in [1.165, 1.54) is 29.0 Å². The number of methoxy groups -OCH3 is 1. The van der Waals surface area contributed by atoms with Gasteiger partial charge in [0.2, 0.25) is 0 Å². The normalized spacial score (nSPS) is 10.1. The van der Waals surface area contributed by atoms with Crippen molar-refractivity contribution < 1.29 is 19.4 Å². The molecule has 0 bridgehead atoms. The first kappa shape index (κ1) is 35.5. The number of hydrogen-bond donors (Lipinski definition) is 1. The van der Waals surface area contributed by atoms with Gasteiger partial charge in [0, 0.05) is 7.11 Å². The van der Waals surface area contributed by atoms with Gasteiger partial charge in [-0.05, 0) is 46.9 Å². The molecule has 0 saturated heterocycles. The van der Waals surface area contributed by atoms with E-state index >= 15 is 0 Å². The third kappa shape index (κ3) is 15.5. The van der Waals surface area contributed by atoms with E-state index < -0.39 is 12.1 Å². The van der Waals surface area contributed by atoms with Crippen LogP contribution in [0.15, 0.2) is 103 Å². The maximum atomic E-state index is 11.4. The molecule has 39 heavy (non-hydrogen) atoms. The van der Waals surface area contributed by atoms with Crippen molar-refractivity contribution in [2.45, 2.75) is 60.5 Å². The summed E-state index contributed by atoms with van der Waals surface area (Å²) in [5.74, 6) is -0.439. The molecule has 0 aromatic heterocycles. The zero-order valence-electron chi connectivity index (χ0n) is 24.9. The van der Waals surface area contributed by atoms with Crippen LogP contribution in [0, 0.1) is 0 Å². The molecular weight excluding hydrogens is 484 g/mol. The van der Waals surface area contributed by atoms with E-state index in [0.29, 0.717) is 5.56 Å². The van der Waals surface area contributed by atoms with E-state index in [2.05, 4.69) is 86.6 Å². The molecule has 4 aromatic rings. The summed E-state index contributed by atoms with van der Waals surface area (Å²) in [7, 11) is 1.47. The Morgan fingerprint density at radius 3 is 1.38 bits per heavy atom. The quantitative estimate of drug-likeness (QED) is 0.242. The Morgan fingerprint density at radius 2 is 1.03 bits per heavy atom. The van der Waals surface area contributed by atoms with Crippen LogP contribution >= 0.6 is 0 Å². The second-order valence-electron chi connectivity index (χ2n) is 7.94. The fraction of sp³-hybridized carbons (Fsp3) is 0.343. The van der Waals surface area contributed by atoms with E-state index in [0.717, 1.165) is 12.8 Å². The zero-order chi connectivity index (χ0) is 29.3. The first-order valence-corrected chi connectivity index (χ1v) is 14.0. The van der Waals surface area contributed by atoms with Crippen molar-refractivity contribution >= 4 is 16.7 Å². The minimum Gasteiger partial charge on any atom is -0.459 e. The highest BCUT2D eigenvalue weighted by atomic mass is 16.5. The summed E-state index contributed by atoms with van der Waals surface area (Å²) in [5.41, 5.74) is 3.33. The first-order valence-electron chi connectivity index (χ1n) is 14.0. The molecule has 4 heteroatoms. The lowest BCUT2D eigenvalue weighted by atomic mass is 10.1. The number of benzene rings is 4. The first-order chi connectivity index (χ1) is 19.1. The van der Waals surface area contributed by atoms with Crippen molar-refractivity contribution in [1.29, 1.82) is 0 Å². The van der Waals surface area contributed by atoms with Crippen molar-refractivity contribution in [2.24, 2.45) is 0 Å². The predicted molar refractivity (Wildman–Crippen MR) is 166 cm³/mol. The number of hydrogen-bond acceptors (Lipinski definition) is 4. The lowest BCUT2D eigenvalue weighted by molar-refractivity contribution is 0.000141. The second kappa shape index (κ2) is 23.6. The molecule has 0 fully saturated rings. The van der Waals surface area contributed by atoms with Crippen LogP contribution < -0.4 is 0 Å². The number of aliphatic hydroxyl groups excluding tert-OH is 1. The van der Waals surface area contributed by atoms with Crippen LogP contribution in [0.2, 0.25) is 0 Å². The van der Waals surface area contributed by atoms with E-state index in [9.17, 15) is 9.90 Å². The largest absolute Gasteiger partial charge is 0.459 e. The highest BCUT2D eigenvalue weighted by Crippen LogP contribution is 2.11. The fourth-order valence-corrected chi connectivity index (χ4v) is 3.21. The average molecular weight is 533 g/mol. The molecule has 1 atom stereocenters. The van der Waals surface area contributed by atoms with E-state index in [1.54, 1.807) is 24.3 Å². The summed E-state index contributed by atoms with van der Waals surface area (Å²) < 4.78 is 9.57. The maximum absolute atomic E-state index is 11.4. The van der Waals surface area contributed by atoms with Gasteiger partial charge in [0.15, 0.2) is 0 Å². The molecule has 0 aliphatic heterocycles. The van der Waals surface area contributed by atoms with Crippen molar-refractivity contribution in [3.63, 3.8) is 0 Å². The Morgan fingerprint density at radius 1 is 0.641 bits per heavy atom. The number of rotatable bonds is 7. The molecule has 0 spiro atoms. The van der Waals surface area contributed by atoms with Gasteiger partial charge in [-0.1, -0.05) is 133 Å². The van der Waals surface area contributed by atoms with Gasteiger partial charge in [0.05, 0.1) is 12.2 Å². The zero-order valence-corrected chi connectivity index (χ0v) is 24.9. The van der Waals surface area contributed by atoms with E-state index in [4.69, 9.17) is 9.47 Å². The summed E-state index contributed by atoms with van der Waals surface area (Å²) in [6.07, 6.45) is 1.51. The minimum atomic E-state index is -0.775. The fourth-order valence-electron chi connectivity index (χ4n) is 3.21. The van der Waals surface area contributed by atoms with Gasteiger partial charge < -0.3 is 14.6 Å². The summed E-state index contributed by atoms with van der Waals surface area (Å²) in [5, 5.41) is 11.9. The van der Waals surface area contributed by atoms with Crippen LogP contribution in [0.3, 0.4) is 0 Å². The molecule has 0 heterocycles. The topological polar surface area (TPSA) is 55.8 Å². The number of esters is 1. The van der Waals surface area contributed by atoms with Crippen molar-refractivity contribution in [1.82, 2.24) is 0 Å². The highest BCUT2D eigenvalue weighted by molar-refractivity contribution is 5.89. The second-order valence-corrected chi connectivity index (χ2v) is 7.94. The number of carbonyl (C=O) groups excluding carboxylic acids is 1. The Hall–Kier alpha value is -3.47. The van der Waals surface area contributed by atoms with Gasteiger partial charge >= 0.3 is 5.97 Å². The van der Waals surface area contributed by atoms with E-state index in [-0.39, 0.29) is 13.2 Å². The van der Waals surface area contributed by atoms with Crippen molar-refractivity contribution in [3.8, 4) is 0 Å². The SMILES string of the molecule is CC.CC.CCc1ccc(CC)cc1.COCC(O)COC(=O)c1ccccc1.c1ccc2ccccc2c1. The van der Waals surface area contributed by atoms with Crippen LogP contribution in [0.1, 0.15) is 63.0 Å². The van der Waals surface area contributed by atoms with Crippen LogP contribution in [0.25, 0.3) is 10.8 Å². The van der Waals surface area contributed by atoms with Crippen molar-refractivity contribution in [3.05, 3.63) is 120 Å². The Bertz CT molecular complexity index is 1020. The smallest absolute Gasteiger partial charge is 0.338 e. The average Bonchev–Trinajstić information content (AvgIpc) is 3.03. The molecule has 212 valence electrons. The summed E-state index contributed by atoms with van der Waals surface area (Å²) in [6, 6.07) is 34.2. The van der Waals surface area contributed by atoms with E-state index in [1.807, 2.05) is 33.8 Å². The van der Waals surface area contributed by atoms with Crippen LogP contribution in [-0.4, -0.2) is 37.5 Å². The molecule has 0 aliphatic rings. The number of fused-ring (bicyclic) bond motifs is 1. The number of carbonyl (C=O) groups is 1. The van der Waals surface area contributed by atoms with Crippen LogP contribution in [0.5, 0.6) is 0 Å². The van der Waals surface area contributed by atoms with Crippen LogP contribution in [0.4, 0.5) is 0 Å². The summed E-state index contributed by atoms with van der Waals surface area (Å²) >= 11 is 0. The molecule has 0 saturated carbocycles. The third-order valence-corrected chi connectivity index (χ3v) is 5.27. The van der Waals surface area contributed by atoms with Gasteiger partial charge in [-0.25, -0.2) is 4.79 Å². The predicted octanol–water partition coefficient (Wildman–Crippen LogP) is 8.55. The molecular formula is C35H48O4. The standard InChI is InChI=1S/C11H14O4.C10H8.C10H14.2C2H6/c1-14-7-10(12)8-15-11(13)9-5-3-2-4-6-9;1-2-6-10-8-4-3-7-9(10)5-1;1-3-9-5-7-10(4-2)8-6-9;2*1-2/h2-6,10,12H,7-8H2,1H3;1-8H;5-8H,3-4H2,1-2H3;2*1-2H3. The maximum Gasteiger partial charge on any atom is 0.338 e. The van der Waals surface area contributed by atoms with Gasteiger partial charge in [-0.2, -0.15) is 0 Å². The highest BCUT2D eigenvalue weighted by Gasteiger charge is 2.09. The monoisotopic (exact) mass is 532 g/mol. The molecule has 1 N–H and O–H groups in total. The summed E-state index contributed by atoms with van der Waals surface area (Å²) in [6.45, 7) is 12.5. The molecule has 0 amide bonds. The minimum absolute atomic E-state index is 0.0540. The summed E-state index contributed by atoms with van der Waals surface area (Å²) in [4.78, 5) is 11.4. The lowest BCUT2D eigenvalue weighted by Gasteiger charge is -2.09. The number of aliphatic hydroxyl groups is 1. The van der Waals surface area contributed by atoms with Crippen LogP contribution in [-0.2, 0) is 22.3 Å². The Balaban J connectivity index is 0.000000533. The van der Waals surface area contributed by atoms with Gasteiger partial charge in [-0.15, -0.1) is 0 Å². The van der Waals surface area contributed by atoms with Gasteiger partial charge in [0.1, 0.15) is 12.7 Å². The lowest BCUT2D eigenvalue weighted by Crippen LogP contribution is -2.23.